The molecule has 2 aromatic rings. The molecule has 0 amide bonds. The van der Waals surface area contributed by atoms with Crippen LogP contribution < -0.4 is 4.74 Å². The van der Waals surface area contributed by atoms with Crippen LogP contribution in [0.4, 0.5) is 0 Å². The molecule has 1 atom stereocenters. The number of ether oxygens (including phenoxy) is 1. The molecule has 1 N–H and O–H groups in total. The summed E-state index contributed by atoms with van der Waals surface area (Å²) in [5.74, 6) is 0.747. The van der Waals surface area contributed by atoms with E-state index in [1.54, 1.807) is 0 Å². The van der Waals surface area contributed by atoms with Crippen LogP contribution >= 0.6 is 15.9 Å². The van der Waals surface area contributed by atoms with Crippen molar-refractivity contribution in [2.75, 3.05) is 6.61 Å². The molecule has 2 rings (SSSR count). The van der Waals surface area contributed by atoms with E-state index >= 15 is 0 Å². The van der Waals surface area contributed by atoms with Crippen molar-refractivity contribution in [1.82, 2.24) is 0 Å². The van der Waals surface area contributed by atoms with Gasteiger partial charge in [-0.05, 0) is 30.2 Å². The molecule has 0 aliphatic carbocycles. The summed E-state index contributed by atoms with van der Waals surface area (Å²) in [5, 5.41) is 10.5. The summed E-state index contributed by atoms with van der Waals surface area (Å²) in [6.07, 6.45) is 0.270. The first-order valence-corrected chi connectivity index (χ1v) is 7.17. The lowest BCUT2D eigenvalue weighted by Crippen LogP contribution is -2.04. The van der Waals surface area contributed by atoms with Crippen molar-refractivity contribution in [3.63, 3.8) is 0 Å². The van der Waals surface area contributed by atoms with Crippen LogP contribution in [0.3, 0.4) is 0 Å². The van der Waals surface area contributed by atoms with Crippen LogP contribution in [0.2, 0.25) is 0 Å². The molecular formula is C16H17BrO2. The Labute approximate surface area is 122 Å². The van der Waals surface area contributed by atoms with Crippen LogP contribution in [0.15, 0.2) is 53.0 Å². The van der Waals surface area contributed by atoms with Crippen molar-refractivity contribution in [3.05, 3.63) is 64.1 Å². The van der Waals surface area contributed by atoms with Gasteiger partial charge in [-0.15, -0.1) is 0 Å². The van der Waals surface area contributed by atoms with Crippen molar-refractivity contribution in [2.45, 2.75) is 19.4 Å². The van der Waals surface area contributed by atoms with Gasteiger partial charge in [0.1, 0.15) is 11.9 Å². The predicted octanol–water partition coefficient (Wildman–Crippen LogP) is 4.32. The van der Waals surface area contributed by atoms with Gasteiger partial charge in [0.25, 0.3) is 0 Å². The molecule has 0 aliphatic heterocycles. The Bertz CT molecular complexity index is 540. The van der Waals surface area contributed by atoms with Gasteiger partial charge in [-0.25, -0.2) is 0 Å². The van der Waals surface area contributed by atoms with E-state index in [0.717, 1.165) is 27.8 Å². The monoisotopic (exact) mass is 320 g/mol. The van der Waals surface area contributed by atoms with E-state index in [0.29, 0.717) is 6.61 Å². The predicted molar refractivity (Wildman–Crippen MR) is 80.4 cm³/mol. The highest BCUT2D eigenvalue weighted by Crippen LogP contribution is 2.31. The number of hydrogen-bond donors (Lipinski definition) is 1. The van der Waals surface area contributed by atoms with Gasteiger partial charge >= 0.3 is 0 Å². The summed E-state index contributed by atoms with van der Waals surface area (Å²) in [4.78, 5) is 0. The maximum absolute atomic E-state index is 10.5. The molecule has 0 bridgehead atoms. The Hall–Kier alpha value is -1.32. The molecule has 0 heterocycles. The standard InChI is InChI=1S/C16H17BrO2/c1-2-10-19-15-9-4-3-8-14(15)16(18)12-6-5-7-13(17)11-12/h3-9,11,16,18H,2,10H2,1H3. The van der Waals surface area contributed by atoms with Gasteiger partial charge in [0.05, 0.1) is 6.61 Å². The minimum atomic E-state index is -0.675. The Morgan fingerprint density at radius 1 is 1.16 bits per heavy atom. The van der Waals surface area contributed by atoms with Crippen LogP contribution in [-0.2, 0) is 0 Å². The SMILES string of the molecule is CCCOc1ccccc1C(O)c1cccc(Br)c1. The average molecular weight is 321 g/mol. The van der Waals surface area contributed by atoms with Gasteiger partial charge in [-0.1, -0.05) is 53.2 Å². The fraction of sp³-hybridized carbons (Fsp3) is 0.250. The van der Waals surface area contributed by atoms with Crippen LogP contribution in [-0.4, -0.2) is 11.7 Å². The molecule has 100 valence electrons. The van der Waals surface area contributed by atoms with Gasteiger partial charge in [-0.2, -0.15) is 0 Å². The lowest BCUT2D eigenvalue weighted by Gasteiger charge is -2.16. The zero-order valence-electron chi connectivity index (χ0n) is 10.8. The minimum absolute atomic E-state index is 0.655. The Morgan fingerprint density at radius 2 is 1.95 bits per heavy atom. The maximum atomic E-state index is 10.5. The number of aliphatic hydroxyl groups excluding tert-OH is 1. The van der Waals surface area contributed by atoms with Gasteiger partial charge in [0.2, 0.25) is 0 Å². The zero-order valence-corrected chi connectivity index (χ0v) is 12.4. The molecule has 19 heavy (non-hydrogen) atoms. The largest absolute Gasteiger partial charge is 0.493 e. The van der Waals surface area contributed by atoms with E-state index in [9.17, 15) is 5.11 Å². The van der Waals surface area contributed by atoms with Gasteiger partial charge in [-0.3, -0.25) is 0 Å². The van der Waals surface area contributed by atoms with E-state index < -0.39 is 6.10 Å². The first-order valence-electron chi connectivity index (χ1n) is 6.37. The first kappa shape index (κ1) is 14.1. The number of rotatable bonds is 5. The molecule has 0 aliphatic rings. The van der Waals surface area contributed by atoms with Crippen molar-refractivity contribution in [1.29, 1.82) is 0 Å². The van der Waals surface area contributed by atoms with E-state index in [2.05, 4.69) is 22.9 Å². The molecule has 2 aromatic carbocycles. The Kier molecular flexibility index (Phi) is 5.00. The molecule has 0 saturated heterocycles. The maximum Gasteiger partial charge on any atom is 0.125 e. The fourth-order valence-corrected chi connectivity index (χ4v) is 2.32. The molecule has 0 fully saturated rings. The van der Waals surface area contributed by atoms with Crippen molar-refractivity contribution in [3.8, 4) is 5.75 Å². The van der Waals surface area contributed by atoms with Crippen LogP contribution in [0.5, 0.6) is 5.75 Å². The summed E-state index contributed by atoms with van der Waals surface area (Å²) in [6.45, 7) is 2.72. The van der Waals surface area contributed by atoms with Crippen LogP contribution in [0.25, 0.3) is 0 Å². The van der Waals surface area contributed by atoms with Crippen molar-refractivity contribution in [2.24, 2.45) is 0 Å². The number of halogens is 1. The van der Waals surface area contributed by atoms with Gasteiger partial charge < -0.3 is 9.84 Å². The van der Waals surface area contributed by atoms with Gasteiger partial charge in [0, 0.05) is 10.0 Å². The lowest BCUT2D eigenvalue weighted by molar-refractivity contribution is 0.210. The van der Waals surface area contributed by atoms with Crippen LogP contribution in [0, 0.1) is 0 Å². The topological polar surface area (TPSA) is 29.5 Å². The Morgan fingerprint density at radius 3 is 2.68 bits per heavy atom. The molecule has 0 aromatic heterocycles. The second kappa shape index (κ2) is 6.73. The quantitative estimate of drug-likeness (QED) is 0.889. The van der Waals surface area contributed by atoms with Crippen molar-refractivity contribution >= 4 is 15.9 Å². The van der Waals surface area contributed by atoms with E-state index in [1.807, 2.05) is 48.5 Å². The lowest BCUT2D eigenvalue weighted by atomic mass is 10.0. The highest BCUT2D eigenvalue weighted by Gasteiger charge is 2.15. The highest BCUT2D eigenvalue weighted by atomic mass is 79.9. The normalized spacial score (nSPS) is 12.2. The third kappa shape index (κ3) is 3.58. The van der Waals surface area contributed by atoms with Crippen LogP contribution in [0.1, 0.15) is 30.6 Å². The summed E-state index contributed by atoms with van der Waals surface area (Å²) in [7, 11) is 0. The minimum Gasteiger partial charge on any atom is -0.493 e. The summed E-state index contributed by atoms with van der Waals surface area (Å²) in [6, 6.07) is 15.3. The summed E-state index contributed by atoms with van der Waals surface area (Å²) >= 11 is 3.42. The van der Waals surface area contributed by atoms with Crippen molar-refractivity contribution < 1.29 is 9.84 Å². The third-order valence-electron chi connectivity index (χ3n) is 2.84. The molecule has 0 spiro atoms. The molecular weight excluding hydrogens is 304 g/mol. The molecule has 0 radical (unpaired) electrons. The summed E-state index contributed by atoms with van der Waals surface area (Å²) in [5.41, 5.74) is 1.65. The van der Waals surface area contributed by atoms with Gasteiger partial charge in [0.15, 0.2) is 0 Å². The number of para-hydroxylation sites is 1. The summed E-state index contributed by atoms with van der Waals surface area (Å²) < 4.78 is 6.64. The van der Waals surface area contributed by atoms with E-state index in [4.69, 9.17) is 4.74 Å². The number of aliphatic hydroxyl groups is 1. The van der Waals surface area contributed by atoms with E-state index in [1.165, 1.54) is 0 Å². The molecule has 3 heteroatoms. The van der Waals surface area contributed by atoms with E-state index in [-0.39, 0.29) is 0 Å². The molecule has 2 nitrogen and oxygen atoms in total. The average Bonchev–Trinajstić information content (AvgIpc) is 2.44. The fourth-order valence-electron chi connectivity index (χ4n) is 1.91. The number of hydrogen-bond acceptors (Lipinski definition) is 2. The number of benzene rings is 2. The highest BCUT2D eigenvalue weighted by molar-refractivity contribution is 9.10. The molecule has 0 saturated carbocycles. The Balaban J connectivity index is 2.30. The molecule has 1 unspecified atom stereocenters. The first-order chi connectivity index (χ1) is 9.22. The zero-order chi connectivity index (χ0) is 13.7. The second-order valence-electron chi connectivity index (χ2n) is 4.34. The second-order valence-corrected chi connectivity index (χ2v) is 5.26. The third-order valence-corrected chi connectivity index (χ3v) is 3.33. The smallest absolute Gasteiger partial charge is 0.125 e.